The summed E-state index contributed by atoms with van der Waals surface area (Å²) in [5.74, 6) is 0. The second-order valence-corrected chi connectivity index (χ2v) is 6.52. The van der Waals surface area contributed by atoms with Gasteiger partial charge in [0.05, 0.1) is 22.0 Å². The first kappa shape index (κ1) is 13.5. The van der Waals surface area contributed by atoms with Crippen molar-refractivity contribution in [2.45, 2.75) is 42.5 Å². The van der Waals surface area contributed by atoms with E-state index in [0.717, 1.165) is 25.0 Å². The van der Waals surface area contributed by atoms with Crippen molar-refractivity contribution < 1.29 is 22.3 Å². The summed E-state index contributed by atoms with van der Waals surface area (Å²) in [5, 5.41) is 10.5. The monoisotopic (exact) mass is 299 g/mol. The van der Waals surface area contributed by atoms with Crippen LogP contribution in [0.5, 0.6) is 0 Å². The Balaban J connectivity index is 1.76. The normalized spacial score (nSPS) is 28.7. The van der Waals surface area contributed by atoms with Gasteiger partial charge in [-0.25, -0.2) is 0 Å². The van der Waals surface area contributed by atoms with Crippen molar-refractivity contribution in [3.05, 3.63) is 34.4 Å². The molecule has 0 unspecified atom stereocenters. The Hall–Kier alpha value is -1.51. The number of ether oxygens (including phenoxy) is 1. The predicted molar refractivity (Wildman–Crippen MR) is 67.7 cm³/mol. The molecule has 20 heavy (non-hydrogen) atoms. The molecule has 0 aromatic heterocycles. The third-order valence-corrected chi connectivity index (χ3v) is 4.99. The van der Waals surface area contributed by atoms with Crippen LogP contribution in [0, 0.1) is 10.1 Å². The second-order valence-electron chi connectivity index (χ2n) is 4.95. The molecule has 2 fully saturated rings. The summed E-state index contributed by atoms with van der Waals surface area (Å²) < 4.78 is 34.9. The van der Waals surface area contributed by atoms with Crippen LogP contribution in [0.2, 0.25) is 0 Å². The number of hydrogen-bond donors (Lipinski definition) is 0. The number of fused-ring (bicyclic) bond motifs is 2. The van der Waals surface area contributed by atoms with Gasteiger partial charge < -0.3 is 4.74 Å². The molecule has 0 aliphatic carbocycles. The van der Waals surface area contributed by atoms with Gasteiger partial charge in [-0.2, -0.15) is 8.42 Å². The molecular formula is C12H13NO6S. The molecule has 2 aliphatic heterocycles. The lowest BCUT2D eigenvalue weighted by Crippen LogP contribution is -2.28. The highest BCUT2D eigenvalue weighted by Crippen LogP contribution is 2.37. The van der Waals surface area contributed by atoms with E-state index in [9.17, 15) is 18.5 Å². The first-order valence-electron chi connectivity index (χ1n) is 6.29. The predicted octanol–water partition coefficient (Wildman–Crippen LogP) is 1.62. The van der Waals surface area contributed by atoms with Crippen LogP contribution in [0.25, 0.3) is 0 Å². The zero-order valence-corrected chi connectivity index (χ0v) is 11.3. The van der Waals surface area contributed by atoms with E-state index >= 15 is 0 Å². The van der Waals surface area contributed by atoms with Crippen molar-refractivity contribution in [3.63, 3.8) is 0 Å². The van der Waals surface area contributed by atoms with Gasteiger partial charge in [-0.1, -0.05) is 0 Å². The SMILES string of the molecule is O=[N+]([O-])c1ccc(S(=O)(=O)O[C@@H]2C[C@H]3CC[C@@H]2O3)cc1. The lowest BCUT2D eigenvalue weighted by atomic mass is 9.98. The van der Waals surface area contributed by atoms with Crippen LogP contribution in [-0.2, 0) is 19.0 Å². The minimum absolute atomic E-state index is 0.0779. The number of hydrogen-bond acceptors (Lipinski definition) is 6. The lowest BCUT2D eigenvalue weighted by molar-refractivity contribution is -0.384. The Bertz CT molecular complexity index is 626. The minimum Gasteiger partial charge on any atom is -0.372 e. The molecule has 2 heterocycles. The third-order valence-electron chi connectivity index (χ3n) is 3.64. The van der Waals surface area contributed by atoms with Crippen LogP contribution in [0.4, 0.5) is 5.69 Å². The molecule has 0 radical (unpaired) electrons. The Morgan fingerprint density at radius 3 is 2.45 bits per heavy atom. The van der Waals surface area contributed by atoms with Gasteiger partial charge in [0.1, 0.15) is 6.10 Å². The van der Waals surface area contributed by atoms with E-state index < -0.39 is 21.1 Å². The molecule has 0 amide bonds. The highest BCUT2D eigenvalue weighted by molar-refractivity contribution is 7.86. The Morgan fingerprint density at radius 1 is 1.25 bits per heavy atom. The van der Waals surface area contributed by atoms with Gasteiger partial charge >= 0.3 is 0 Å². The van der Waals surface area contributed by atoms with Crippen LogP contribution < -0.4 is 0 Å². The van der Waals surface area contributed by atoms with Gasteiger partial charge in [-0.3, -0.25) is 14.3 Å². The summed E-state index contributed by atoms with van der Waals surface area (Å²) in [4.78, 5) is 9.88. The van der Waals surface area contributed by atoms with Crippen molar-refractivity contribution in [2.75, 3.05) is 0 Å². The molecule has 7 nitrogen and oxygen atoms in total. The van der Waals surface area contributed by atoms with Gasteiger partial charge in [-0.15, -0.1) is 0 Å². The van der Waals surface area contributed by atoms with Crippen LogP contribution in [0.15, 0.2) is 29.2 Å². The summed E-state index contributed by atoms with van der Waals surface area (Å²) in [6, 6.07) is 4.66. The van der Waals surface area contributed by atoms with Crippen LogP contribution >= 0.6 is 0 Å². The average Bonchev–Trinajstić information content (AvgIpc) is 3.00. The Labute approximate surface area is 115 Å². The number of benzene rings is 1. The van der Waals surface area contributed by atoms with Gasteiger partial charge in [0.25, 0.3) is 15.8 Å². The van der Waals surface area contributed by atoms with E-state index in [-0.39, 0.29) is 22.8 Å². The van der Waals surface area contributed by atoms with E-state index in [2.05, 4.69) is 0 Å². The van der Waals surface area contributed by atoms with Crippen LogP contribution in [-0.4, -0.2) is 31.7 Å². The van der Waals surface area contributed by atoms with Crippen LogP contribution in [0.3, 0.4) is 0 Å². The maximum absolute atomic E-state index is 12.1. The van der Waals surface area contributed by atoms with Crippen molar-refractivity contribution in [3.8, 4) is 0 Å². The van der Waals surface area contributed by atoms with Crippen molar-refractivity contribution in [2.24, 2.45) is 0 Å². The van der Waals surface area contributed by atoms with Gasteiger partial charge in [0, 0.05) is 18.6 Å². The highest BCUT2D eigenvalue weighted by atomic mass is 32.2. The van der Waals surface area contributed by atoms with Crippen LogP contribution in [0.1, 0.15) is 19.3 Å². The number of nitro benzene ring substituents is 1. The second kappa shape index (κ2) is 4.80. The molecule has 2 saturated heterocycles. The maximum atomic E-state index is 12.1. The fraction of sp³-hybridized carbons (Fsp3) is 0.500. The lowest BCUT2D eigenvalue weighted by Gasteiger charge is -2.18. The first-order valence-corrected chi connectivity index (χ1v) is 7.70. The molecule has 3 atom stereocenters. The number of rotatable bonds is 4. The average molecular weight is 299 g/mol. The van der Waals surface area contributed by atoms with E-state index in [1.165, 1.54) is 12.1 Å². The number of nitro groups is 1. The largest absolute Gasteiger partial charge is 0.372 e. The highest BCUT2D eigenvalue weighted by Gasteiger charge is 2.43. The third kappa shape index (κ3) is 2.41. The quantitative estimate of drug-likeness (QED) is 0.476. The molecule has 2 aliphatic rings. The smallest absolute Gasteiger partial charge is 0.297 e. The fourth-order valence-corrected chi connectivity index (χ4v) is 3.75. The molecule has 0 saturated carbocycles. The van der Waals surface area contributed by atoms with E-state index in [0.29, 0.717) is 6.42 Å². The molecule has 1 aromatic carbocycles. The molecule has 0 N–H and O–H groups in total. The van der Waals surface area contributed by atoms with Crippen molar-refractivity contribution in [1.82, 2.24) is 0 Å². The molecule has 3 rings (SSSR count). The number of non-ortho nitro benzene ring substituents is 1. The first-order chi connectivity index (χ1) is 9.45. The molecule has 108 valence electrons. The molecular weight excluding hydrogens is 286 g/mol. The van der Waals surface area contributed by atoms with Crippen molar-refractivity contribution >= 4 is 15.8 Å². The fourth-order valence-electron chi connectivity index (χ4n) is 2.65. The van der Waals surface area contributed by atoms with Gasteiger partial charge in [0.15, 0.2) is 0 Å². The minimum atomic E-state index is -3.91. The van der Waals surface area contributed by atoms with Crippen molar-refractivity contribution in [1.29, 1.82) is 0 Å². The summed E-state index contributed by atoms with van der Waals surface area (Å²) in [6.45, 7) is 0. The zero-order valence-electron chi connectivity index (χ0n) is 10.5. The molecule has 0 spiro atoms. The summed E-state index contributed by atoms with van der Waals surface area (Å²) in [5.41, 5.74) is -0.160. The molecule has 2 bridgehead atoms. The van der Waals surface area contributed by atoms with E-state index in [1.54, 1.807) is 0 Å². The standard InChI is InChI=1S/C12H13NO6S/c14-13(15)8-1-4-10(5-2-8)20(16,17)19-12-7-9-3-6-11(12)18-9/h1-2,4-5,9,11-12H,3,6-7H2/t9-,11+,12-/m1/s1. The van der Waals surface area contributed by atoms with E-state index in [1.807, 2.05) is 0 Å². The molecule has 1 aromatic rings. The summed E-state index contributed by atoms with van der Waals surface area (Å²) in [6.07, 6.45) is 1.82. The topological polar surface area (TPSA) is 95.7 Å². The number of nitrogens with zero attached hydrogens (tertiary/aromatic N) is 1. The van der Waals surface area contributed by atoms with Gasteiger partial charge in [0.2, 0.25) is 0 Å². The summed E-state index contributed by atoms with van der Waals surface area (Å²) >= 11 is 0. The summed E-state index contributed by atoms with van der Waals surface area (Å²) in [7, 11) is -3.91. The Morgan fingerprint density at radius 2 is 1.95 bits per heavy atom. The zero-order chi connectivity index (χ0) is 14.3. The molecule has 8 heteroatoms. The van der Waals surface area contributed by atoms with Gasteiger partial charge in [-0.05, 0) is 25.0 Å². The maximum Gasteiger partial charge on any atom is 0.297 e. The Kier molecular flexibility index (Phi) is 3.23. The van der Waals surface area contributed by atoms with E-state index in [4.69, 9.17) is 8.92 Å².